The van der Waals surface area contributed by atoms with E-state index in [-0.39, 0.29) is 12.1 Å². The Hall–Kier alpha value is -1.73. The fourth-order valence-corrected chi connectivity index (χ4v) is 1.57. The number of rotatable bonds is 5. The lowest BCUT2D eigenvalue weighted by atomic mass is 10.1. The Kier molecular flexibility index (Phi) is 4.80. The number of nitrogens with one attached hydrogen (secondary N) is 1. The first kappa shape index (κ1) is 13.3. The molecule has 0 aliphatic rings. The predicted octanol–water partition coefficient (Wildman–Crippen LogP) is 2.27. The zero-order chi connectivity index (χ0) is 12.8. The second-order valence-electron chi connectivity index (χ2n) is 4.00. The van der Waals surface area contributed by atoms with Crippen molar-refractivity contribution in [2.75, 3.05) is 14.2 Å². The number of hydrogen-bond donors (Lipinski definition) is 1. The van der Waals surface area contributed by atoms with E-state index in [2.05, 4.69) is 11.4 Å². The molecule has 1 N–H and O–H groups in total. The standard InChI is InChI=1S/C13H18N2O2/c1-9(2)15-11(8-14)10-5-6-12(16-3)13(7-10)17-4/h5-7,9,11,15H,1-4H3/t11-/m1/s1. The summed E-state index contributed by atoms with van der Waals surface area (Å²) in [7, 11) is 3.17. The highest BCUT2D eigenvalue weighted by molar-refractivity contribution is 5.44. The van der Waals surface area contributed by atoms with Gasteiger partial charge in [-0.15, -0.1) is 0 Å². The van der Waals surface area contributed by atoms with Crippen molar-refractivity contribution in [2.45, 2.75) is 25.9 Å². The summed E-state index contributed by atoms with van der Waals surface area (Å²) in [6.07, 6.45) is 0. The van der Waals surface area contributed by atoms with Crippen molar-refractivity contribution in [1.82, 2.24) is 5.32 Å². The van der Waals surface area contributed by atoms with E-state index in [0.29, 0.717) is 11.5 Å². The highest BCUT2D eigenvalue weighted by atomic mass is 16.5. The zero-order valence-electron chi connectivity index (χ0n) is 10.7. The van der Waals surface area contributed by atoms with Gasteiger partial charge in [-0.25, -0.2) is 0 Å². The fraction of sp³-hybridized carbons (Fsp3) is 0.462. The number of methoxy groups -OCH3 is 2. The van der Waals surface area contributed by atoms with Gasteiger partial charge in [-0.3, -0.25) is 5.32 Å². The fourth-order valence-electron chi connectivity index (χ4n) is 1.57. The molecule has 0 aromatic heterocycles. The van der Waals surface area contributed by atoms with Gasteiger partial charge in [0.15, 0.2) is 11.5 Å². The molecule has 0 saturated heterocycles. The van der Waals surface area contributed by atoms with Crippen molar-refractivity contribution in [3.63, 3.8) is 0 Å². The van der Waals surface area contributed by atoms with Crippen LogP contribution in [0.15, 0.2) is 18.2 Å². The Morgan fingerprint density at radius 3 is 2.29 bits per heavy atom. The molecule has 0 aliphatic heterocycles. The highest BCUT2D eigenvalue weighted by Crippen LogP contribution is 2.29. The number of nitrogens with zero attached hydrogens (tertiary/aromatic N) is 1. The molecule has 1 rings (SSSR count). The van der Waals surface area contributed by atoms with Crippen LogP contribution in [0.5, 0.6) is 11.5 Å². The van der Waals surface area contributed by atoms with Crippen LogP contribution in [0.2, 0.25) is 0 Å². The van der Waals surface area contributed by atoms with Crippen molar-refractivity contribution in [3.8, 4) is 17.6 Å². The van der Waals surface area contributed by atoms with Crippen molar-refractivity contribution >= 4 is 0 Å². The van der Waals surface area contributed by atoms with Crippen LogP contribution in [0.3, 0.4) is 0 Å². The lowest BCUT2D eigenvalue weighted by Crippen LogP contribution is -2.27. The molecule has 0 aliphatic carbocycles. The number of ether oxygens (including phenoxy) is 2. The minimum atomic E-state index is -0.338. The monoisotopic (exact) mass is 234 g/mol. The first-order valence-electron chi connectivity index (χ1n) is 5.50. The van der Waals surface area contributed by atoms with Gasteiger partial charge in [0, 0.05) is 6.04 Å². The molecule has 0 saturated carbocycles. The van der Waals surface area contributed by atoms with Crippen LogP contribution in [-0.2, 0) is 0 Å². The molecule has 92 valence electrons. The normalized spacial score (nSPS) is 12.0. The molecule has 0 amide bonds. The molecule has 0 heterocycles. The average molecular weight is 234 g/mol. The van der Waals surface area contributed by atoms with E-state index in [0.717, 1.165) is 5.56 Å². The summed E-state index contributed by atoms with van der Waals surface area (Å²) < 4.78 is 10.4. The maximum absolute atomic E-state index is 9.13. The van der Waals surface area contributed by atoms with Gasteiger partial charge in [-0.1, -0.05) is 6.07 Å². The van der Waals surface area contributed by atoms with Crippen LogP contribution in [-0.4, -0.2) is 20.3 Å². The molecular weight excluding hydrogens is 216 g/mol. The second kappa shape index (κ2) is 6.12. The van der Waals surface area contributed by atoms with Crippen LogP contribution in [0.25, 0.3) is 0 Å². The van der Waals surface area contributed by atoms with Gasteiger partial charge < -0.3 is 9.47 Å². The Bertz CT molecular complexity index is 410. The Morgan fingerprint density at radius 2 is 1.82 bits per heavy atom. The molecule has 0 radical (unpaired) electrons. The minimum Gasteiger partial charge on any atom is -0.493 e. The SMILES string of the molecule is COc1ccc([C@@H](C#N)NC(C)C)cc1OC. The molecule has 0 bridgehead atoms. The first-order valence-corrected chi connectivity index (χ1v) is 5.50. The van der Waals surface area contributed by atoms with Crippen molar-refractivity contribution in [1.29, 1.82) is 5.26 Å². The van der Waals surface area contributed by atoms with Crippen molar-refractivity contribution < 1.29 is 9.47 Å². The van der Waals surface area contributed by atoms with Crippen LogP contribution in [0, 0.1) is 11.3 Å². The molecule has 0 unspecified atom stereocenters. The summed E-state index contributed by atoms with van der Waals surface area (Å²) in [5.41, 5.74) is 0.874. The van der Waals surface area contributed by atoms with Gasteiger partial charge in [-0.05, 0) is 31.5 Å². The third-order valence-electron chi connectivity index (χ3n) is 2.37. The van der Waals surface area contributed by atoms with Crippen LogP contribution >= 0.6 is 0 Å². The highest BCUT2D eigenvalue weighted by Gasteiger charge is 2.14. The Balaban J connectivity index is 3.01. The largest absolute Gasteiger partial charge is 0.493 e. The number of nitriles is 1. The van der Waals surface area contributed by atoms with E-state index in [9.17, 15) is 0 Å². The molecule has 4 nitrogen and oxygen atoms in total. The molecule has 1 atom stereocenters. The summed E-state index contributed by atoms with van der Waals surface area (Å²) in [5, 5.41) is 12.3. The molecule has 0 fully saturated rings. The quantitative estimate of drug-likeness (QED) is 0.849. The average Bonchev–Trinajstić information content (AvgIpc) is 2.34. The summed E-state index contributed by atoms with van der Waals surface area (Å²) in [6.45, 7) is 4.01. The first-order chi connectivity index (χ1) is 8.12. The summed E-state index contributed by atoms with van der Waals surface area (Å²) in [6, 6.07) is 7.63. The van der Waals surface area contributed by atoms with E-state index >= 15 is 0 Å². The minimum absolute atomic E-state index is 0.243. The molecule has 0 spiro atoms. The van der Waals surface area contributed by atoms with Crippen molar-refractivity contribution in [3.05, 3.63) is 23.8 Å². The maximum Gasteiger partial charge on any atom is 0.161 e. The lowest BCUT2D eigenvalue weighted by molar-refractivity contribution is 0.354. The maximum atomic E-state index is 9.13. The molecule has 1 aromatic carbocycles. The summed E-state index contributed by atoms with van der Waals surface area (Å²) >= 11 is 0. The number of hydrogen-bond acceptors (Lipinski definition) is 4. The number of benzene rings is 1. The van der Waals surface area contributed by atoms with Gasteiger partial charge in [-0.2, -0.15) is 5.26 Å². The van der Waals surface area contributed by atoms with Gasteiger partial charge in [0.25, 0.3) is 0 Å². The molecule has 17 heavy (non-hydrogen) atoms. The van der Waals surface area contributed by atoms with E-state index < -0.39 is 0 Å². The van der Waals surface area contributed by atoms with Crippen LogP contribution < -0.4 is 14.8 Å². The van der Waals surface area contributed by atoms with Crippen molar-refractivity contribution in [2.24, 2.45) is 0 Å². The molecular formula is C13H18N2O2. The Labute approximate surface area is 102 Å². The zero-order valence-corrected chi connectivity index (χ0v) is 10.7. The smallest absolute Gasteiger partial charge is 0.161 e. The van der Waals surface area contributed by atoms with E-state index in [4.69, 9.17) is 14.7 Å². The molecule has 1 aromatic rings. The van der Waals surface area contributed by atoms with E-state index in [1.54, 1.807) is 20.3 Å². The summed E-state index contributed by atoms with van der Waals surface area (Å²) in [4.78, 5) is 0. The predicted molar refractivity (Wildman–Crippen MR) is 66.2 cm³/mol. The molecule has 4 heteroatoms. The van der Waals surface area contributed by atoms with E-state index in [1.807, 2.05) is 26.0 Å². The third kappa shape index (κ3) is 3.36. The van der Waals surface area contributed by atoms with Gasteiger partial charge >= 0.3 is 0 Å². The van der Waals surface area contributed by atoms with Gasteiger partial charge in [0.1, 0.15) is 6.04 Å². The van der Waals surface area contributed by atoms with Gasteiger partial charge in [0.05, 0.1) is 20.3 Å². The Morgan fingerprint density at radius 1 is 1.18 bits per heavy atom. The van der Waals surface area contributed by atoms with E-state index in [1.165, 1.54) is 0 Å². The lowest BCUT2D eigenvalue weighted by Gasteiger charge is -2.16. The third-order valence-corrected chi connectivity index (χ3v) is 2.37. The summed E-state index contributed by atoms with van der Waals surface area (Å²) in [5.74, 6) is 1.30. The van der Waals surface area contributed by atoms with Gasteiger partial charge in [0.2, 0.25) is 0 Å². The van der Waals surface area contributed by atoms with Crippen LogP contribution in [0.1, 0.15) is 25.5 Å². The van der Waals surface area contributed by atoms with Crippen LogP contribution in [0.4, 0.5) is 0 Å². The second-order valence-corrected chi connectivity index (χ2v) is 4.00. The topological polar surface area (TPSA) is 54.3 Å².